The summed E-state index contributed by atoms with van der Waals surface area (Å²) in [4.78, 5) is 26.3. The zero-order valence-corrected chi connectivity index (χ0v) is 19.4. The molecule has 170 valence electrons. The molecule has 1 amide bonds. The monoisotopic (exact) mass is 462 g/mol. The fourth-order valence-electron chi connectivity index (χ4n) is 5.01. The number of aromatic nitrogens is 3. The van der Waals surface area contributed by atoms with Crippen molar-refractivity contribution in [1.82, 2.24) is 19.7 Å². The normalized spacial score (nSPS) is 18.6. The first-order valence-corrected chi connectivity index (χ1v) is 11.9. The van der Waals surface area contributed by atoms with Gasteiger partial charge in [-0.25, -0.2) is 4.68 Å². The van der Waals surface area contributed by atoms with Crippen molar-refractivity contribution < 1.29 is 4.79 Å². The Labute approximate surface area is 197 Å². The Morgan fingerprint density at radius 3 is 2.76 bits per heavy atom. The first-order valence-electron chi connectivity index (χ1n) is 11.5. The summed E-state index contributed by atoms with van der Waals surface area (Å²) in [6.45, 7) is 2.58. The van der Waals surface area contributed by atoms with E-state index in [0.29, 0.717) is 23.0 Å². The van der Waals surface area contributed by atoms with E-state index in [-0.39, 0.29) is 24.1 Å². The number of amides is 1. The molecule has 2 heterocycles. The molecule has 0 radical (unpaired) electrons. The van der Waals surface area contributed by atoms with Gasteiger partial charge in [0.15, 0.2) is 0 Å². The molecule has 2 aromatic carbocycles. The average molecular weight is 463 g/mol. The van der Waals surface area contributed by atoms with E-state index in [1.54, 1.807) is 6.20 Å². The number of nitrogens with zero attached hydrogens (tertiary/aromatic N) is 3. The van der Waals surface area contributed by atoms with Crippen LogP contribution in [0.25, 0.3) is 21.8 Å². The lowest BCUT2D eigenvalue weighted by atomic mass is 9.86. The van der Waals surface area contributed by atoms with Gasteiger partial charge in [-0.3, -0.25) is 9.59 Å². The minimum atomic E-state index is -0.266. The molecule has 4 aromatic rings. The van der Waals surface area contributed by atoms with Gasteiger partial charge < -0.3 is 9.88 Å². The maximum atomic E-state index is 13.5. The highest BCUT2D eigenvalue weighted by Crippen LogP contribution is 2.28. The van der Waals surface area contributed by atoms with Gasteiger partial charge in [-0.1, -0.05) is 61.7 Å². The predicted octanol–water partition coefficient (Wildman–Crippen LogP) is 4.75. The van der Waals surface area contributed by atoms with Crippen molar-refractivity contribution in [3.8, 4) is 0 Å². The number of hydrogen-bond acceptors (Lipinski definition) is 3. The molecule has 1 aliphatic rings. The Morgan fingerprint density at radius 1 is 1.12 bits per heavy atom. The molecule has 1 fully saturated rings. The van der Waals surface area contributed by atoms with E-state index in [0.717, 1.165) is 41.1 Å². The van der Waals surface area contributed by atoms with Gasteiger partial charge in [-0.15, -0.1) is 0 Å². The SMILES string of the molecule is C[C@H]1CCCC[C@@H]1NC(=O)Cn1ncc2c3ccccc3n(Cc3cccc(Cl)c3)c2c1=O. The van der Waals surface area contributed by atoms with Gasteiger partial charge in [0.25, 0.3) is 5.56 Å². The van der Waals surface area contributed by atoms with Crippen LogP contribution in [0.5, 0.6) is 0 Å². The van der Waals surface area contributed by atoms with Gasteiger partial charge >= 0.3 is 0 Å². The van der Waals surface area contributed by atoms with Crippen LogP contribution >= 0.6 is 11.6 Å². The first kappa shape index (κ1) is 21.7. The molecule has 1 N–H and O–H groups in total. The summed E-state index contributed by atoms with van der Waals surface area (Å²) in [5.41, 5.74) is 2.23. The van der Waals surface area contributed by atoms with Crippen LogP contribution in [0, 0.1) is 5.92 Å². The van der Waals surface area contributed by atoms with E-state index >= 15 is 0 Å². The van der Waals surface area contributed by atoms with Gasteiger partial charge in [0.05, 0.1) is 6.20 Å². The molecule has 0 aliphatic heterocycles. The maximum Gasteiger partial charge on any atom is 0.291 e. The lowest BCUT2D eigenvalue weighted by molar-refractivity contribution is -0.123. The number of carbonyl (C=O) groups excluding carboxylic acids is 1. The molecule has 1 saturated carbocycles. The molecule has 6 nitrogen and oxygen atoms in total. The molecule has 0 saturated heterocycles. The summed E-state index contributed by atoms with van der Waals surface area (Å²) < 4.78 is 3.27. The Morgan fingerprint density at radius 2 is 1.94 bits per heavy atom. The molecule has 0 spiro atoms. The fourth-order valence-corrected chi connectivity index (χ4v) is 5.22. The third kappa shape index (κ3) is 4.27. The summed E-state index contributed by atoms with van der Waals surface area (Å²) >= 11 is 6.20. The molecule has 2 atom stereocenters. The lowest BCUT2D eigenvalue weighted by Crippen LogP contribution is -2.43. The predicted molar refractivity (Wildman–Crippen MR) is 132 cm³/mol. The molecular formula is C26H27ClN4O2. The quantitative estimate of drug-likeness (QED) is 0.465. The van der Waals surface area contributed by atoms with Crippen molar-refractivity contribution in [2.75, 3.05) is 0 Å². The van der Waals surface area contributed by atoms with Gasteiger partial charge in [0.1, 0.15) is 12.1 Å². The number of para-hydroxylation sites is 1. The molecule has 33 heavy (non-hydrogen) atoms. The average Bonchev–Trinajstić information content (AvgIpc) is 3.11. The van der Waals surface area contributed by atoms with Crippen molar-refractivity contribution in [2.24, 2.45) is 5.92 Å². The van der Waals surface area contributed by atoms with Gasteiger partial charge in [-0.2, -0.15) is 5.10 Å². The Kier molecular flexibility index (Phi) is 5.94. The molecular weight excluding hydrogens is 436 g/mol. The lowest BCUT2D eigenvalue weighted by Gasteiger charge is -2.29. The second-order valence-electron chi connectivity index (χ2n) is 9.04. The summed E-state index contributed by atoms with van der Waals surface area (Å²) in [6.07, 6.45) is 6.15. The van der Waals surface area contributed by atoms with Gasteiger partial charge in [-0.05, 0) is 42.5 Å². The molecule has 0 bridgehead atoms. The Bertz CT molecular complexity index is 1390. The highest BCUT2D eigenvalue weighted by Gasteiger charge is 2.23. The second-order valence-corrected chi connectivity index (χ2v) is 9.48. The Hall–Kier alpha value is -3.12. The number of carbonyl (C=O) groups is 1. The largest absolute Gasteiger partial charge is 0.351 e. The van der Waals surface area contributed by atoms with Crippen molar-refractivity contribution in [2.45, 2.75) is 51.7 Å². The summed E-state index contributed by atoms with van der Waals surface area (Å²) in [6, 6.07) is 15.7. The number of fused-ring (bicyclic) bond motifs is 3. The molecule has 7 heteroatoms. The number of halogens is 1. The van der Waals surface area contributed by atoms with E-state index in [1.165, 1.54) is 11.1 Å². The van der Waals surface area contributed by atoms with Crippen molar-refractivity contribution in [3.05, 3.63) is 75.7 Å². The topological polar surface area (TPSA) is 68.9 Å². The van der Waals surface area contributed by atoms with E-state index in [1.807, 2.05) is 53.1 Å². The molecule has 5 rings (SSSR count). The van der Waals surface area contributed by atoms with E-state index in [4.69, 9.17) is 11.6 Å². The summed E-state index contributed by atoms with van der Waals surface area (Å²) in [5, 5.41) is 9.88. The van der Waals surface area contributed by atoms with E-state index in [2.05, 4.69) is 17.3 Å². The fraction of sp³-hybridized carbons (Fsp3) is 0.346. The van der Waals surface area contributed by atoms with Crippen LogP contribution in [0.3, 0.4) is 0 Å². The standard InChI is InChI=1S/C26H27ClN4O2/c1-17-7-2-4-11-22(17)29-24(32)16-31-26(33)25-21(14-28-31)20-10-3-5-12-23(20)30(25)15-18-8-6-9-19(27)13-18/h3,5-6,8-10,12-14,17,22H,2,4,7,11,15-16H2,1H3,(H,29,32)/t17-,22-/m0/s1. The van der Waals surface area contributed by atoms with E-state index in [9.17, 15) is 9.59 Å². The molecule has 0 unspecified atom stereocenters. The van der Waals surface area contributed by atoms with E-state index < -0.39 is 0 Å². The van der Waals surface area contributed by atoms with Crippen LogP contribution in [0.4, 0.5) is 0 Å². The van der Waals surface area contributed by atoms with Crippen molar-refractivity contribution in [1.29, 1.82) is 0 Å². The summed E-state index contributed by atoms with van der Waals surface area (Å²) in [7, 11) is 0. The zero-order valence-electron chi connectivity index (χ0n) is 18.6. The summed E-state index contributed by atoms with van der Waals surface area (Å²) in [5.74, 6) is 0.287. The third-order valence-corrected chi connectivity index (χ3v) is 6.99. The smallest absolute Gasteiger partial charge is 0.291 e. The minimum Gasteiger partial charge on any atom is -0.351 e. The number of rotatable bonds is 5. The Balaban J connectivity index is 1.53. The van der Waals surface area contributed by atoms with Crippen molar-refractivity contribution >= 4 is 39.3 Å². The van der Waals surface area contributed by atoms with Crippen LogP contribution in [0.1, 0.15) is 38.2 Å². The van der Waals surface area contributed by atoms with Gasteiger partial charge in [0, 0.05) is 33.9 Å². The highest BCUT2D eigenvalue weighted by molar-refractivity contribution is 6.30. The van der Waals surface area contributed by atoms with Crippen LogP contribution in [0.15, 0.2) is 59.5 Å². The molecule has 2 aromatic heterocycles. The minimum absolute atomic E-state index is 0.0866. The molecule has 1 aliphatic carbocycles. The van der Waals surface area contributed by atoms with Crippen molar-refractivity contribution in [3.63, 3.8) is 0 Å². The van der Waals surface area contributed by atoms with Crippen LogP contribution in [-0.2, 0) is 17.9 Å². The zero-order chi connectivity index (χ0) is 22.9. The number of benzene rings is 2. The maximum absolute atomic E-state index is 13.5. The first-order chi connectivity index (χ1) is 16.0. The third-order valence-electron chi connectivity index (χ3n) is 6.75. The van der Waals surface area contributed by atoms with Gasteiger partial charge in [0.2, 0.25) is 5.91 Å². The van der Waals surface area contributed by atoms with Crippen LogP contribution in [-0.4, -0.2) is 26.3 Å². The highest BCUT2D eigenvalue weighted by atomic mass is 35.5. The number of nitrogens with one attached hydrogen (secondary N) is 1. The second kappa shape index (κ2) is 9.02. The number of hydrogen-bond donors (Lipinski definition) is 1. The van der Waals surface area contributed by atoms with Crippen LogP contribution < -0.4 is 10.9 Å². The van der Waals surface area contributed by atoms with Crippen LogP contribution in [0.2, 0.25) is 5.02 Å².